The topological polar surface area (TPSA) is 61.4 Å². The lowest BCUT2D eigenvalue weighted by molar-refractivity contribution is -0.127. The summed E-state index contributed by atoms with van der Waals surface area (Å²) >= 11 is 0. The van der Waals surface area contributed by atoms with Gasteiger partial charge in [-0.1, -0.05) is 36.4 Å². The van der Waals surface area contributed by atoms with Gasteiger partial charge < -0.3 is 0 Å². The van der Waals surface area contributed by atoms with Crippen LogP contribution in [0.1, 0.15) is 28.4 Å². The maximum atomic E-state index is 13.6. The molecule has 130 valence electrons. The molecule has 0 fully saturated rings. The molecule has 1 heterocycles. The Hall–Kier alpha value is -2.73. The molecule has 0 aliphatic carbocycles. The molecule has 2 aromatic carbocycles. The standard InChI is InChI=1S/C19H20FN3O2/c1-13(23-11-10-14-6-2-3-7-15(14)12-23)18(24)21-22-19(25)16-8-4-5-9-17(16)20/h2-9,13H,10-12H2,1H3,(H,21,24)(H,22,25)/t13-/m0/s1. The molecule has 2 N–H and O–H groups in total. The van der Waals surface area contributed by atoms with Crippen LogP contribution in [-0.2, 0) is 17.8 Å². The third kappa shape index (κ3) is 3.85. The first-order valence-corrected chi connectivity index (χ1v) is 8.22. The smallest absolute Gasteiger partial charge is 0.272 e. The predicted molar refractivity (Wildman–Crippen MR) is 92.0 cm³/mol. The normalized spacial score (nSPS) is 15.1. The Balaban J connectivity index is 1.57. The number of hydrogen-bond donors (Lipinski definition) is 2. The molecule has 0 aromatic heterocycles. The molecule has 0 saturated heterocycles. The molecular formula is C19H20FN3O2. The molecule has 0 spiro atoms. The highest BCUT2D eigenvalue weighted by atomic mass is 19.1. The summed E-state index contributed by atoms with van der Waals surface area (Å²) in [4.78, 5) is 26.3. The highest BCUT2D eigenvalue weighted by Gasteiger charge is 2.25. The van der Waals surface area contributed by atoms with Crippen LogP contribution in [0.3, 0.4) is 0 Å². The largest absolute Gasteiger partial charge is 0.287 e. The molecule has 2 amide bonds. The molecule has 0 radical (unpaired) electrons. The molecule has 25 heavy (non-hydrogen) atoms. The number of amides is 2. The fraction of sp³-hybridized carbons (Fsp3) is 0.263. The summed E-state index contributed by atoms with van der Waals surface area (Å²) in [5.74, 6) is -1.64. The lowest BCUT2D eigenvalue weighted by Crippen LogP contribution is -2.52. The highest BCUT2D eigenvalue weighted by Crippen LogP contribution is 2.20. The number of nitrogens with zero attached hydrogens (tertiary/aromatic N) is 1. The van der Waals surface area contributed by atoms with E-state index in [0.717, 1.165) is 13.0 Å². The Morgan fingerprint density at radius 3 is 2.48 bits per heavy atom. The Morgan fingerprint density at radius 1 is 1.04 bits per heavy atom. The monoisotopic (exact) mass is 341 g/mol. The summed E-state index contributed by atoms with van der Waals surface area (Å²) in [6.07, 6.45) is 0.884. The Labute approximate surface area is 145 Å². The summed E-state index contributed by atoms with van der Waals surface area (Å²) in [5, 5.41) is 0. The van der Waals surface area contributed by atoms with Crippen molar-refractivity contribution in [3.05, 3.63) is 71.0 Å². The predicted octanol–water partition coefficient (Wildman–Crippen LogP) is 2.03. The van der Waals surface area contributed by atoms with Crippen LogP contribution < -0.4 is 10.9 Å². The number of benzene rings is 2. The molecule has 0 unspecified atom stereocenters. The van der Waals surface area contributed by atoms with Gasteiger partial charge in [-0.3, -0.25) is 25.3 Å². The van der Waals surface area contributed by atoms with Crippen LogP contribution in [0, 0.1) is 5.82 Å². The van der Waals surface area contributed by atoms with E-state index in [1.165, 1.54) is 29.3 Å². The second kappa shape index (κ2) is 7.44. The van der Waals surface area contributed by atoms with Crippen molar-refractivity contribution in [2.45, 2.75) is 25.9 Å². The minimum Gasteiger partial charge on any atom is -0.287 e. The maximum Gasteiger partial charge on any atom is 0.272 e. The fourth-order valence-corrected chi connectivity index (χ4v) is 2.95. The van der Waals surface area contributed by atoms with E-state index in [0.29, 0.717) is 6.54 Å². The molecule has 6 heteroatoms. The van der Waals surface area contributed by atoms with E-state index in [2.05, 4.69) is 23.0 Å². The van der Waals surface area contributed by atoms with E-state index in [1.54, 1.807) is 13.0 Å². The van der Waals surface area contributed by atoms with Crippen molar-refractivity contribution >= 4 is 11.8 Å². The average molecular weight is 341 g/mol. The Morgan fingerprint density at radius 2 is 1.72 bits per heavy atom. The Kier molecular flexibility index (Phi) is 5.09. The molecular weight excluding hydrogens is 321 g/mol. The van der Waals surface area contributed by atoms with Gasteiger partial charge in [0.2, 0.25) is 0 Å². The Bertz CT molecular complexity index is 794. The van der Waals surface area contributed by atoms with Crippen LogP contribution in [0.15, 0.2) is 48.5 Å². The molecule has 3 rings (SSSR count). The number of rotatable bonds is 3. The van der Waals surface area contributed by atoms with Crippen molar-refractivity contribution in [2.24, 2.45) is 0 Å². The van der Waals surface area contributed by atoms with Gasteiger partial charge in [0.05, 0.1) is 11.6 Å². The zero-order valence-electron chi connectivity index (χ0n) is 14.0. The van der Waals surface area contributed by atoms with Gasteiger partial charge in [-0.25, -0.2) is 4.39 Å². The van der Waals surface area contributed by atoms with E-state index in [9.17, 15) is 14.0 Å². The summed E-state index contributed by atoms with van der Waals surface area (Å²) in [5.41, 5.74) is 7.06. The van der Waals surface area contributed by atoms with Crippen molar-refractivity contribution in [1.82, 2.24) is 15.8 Å². The molecule has 0 bridgehead atoms. The van der Waals surface area contributed by atoms with Crippen LogP contribution in [0.4, 0.5) is 4.39 Å². The summed E-state index contributed by atoms with van der Waals surface area (Å²) in [7, 11) is 0. The van der Waals surface area contributed by atoms with Crippen LogP contribution in [0.2, 0.25) is 0 Å². The first-order valence-electron chi connectivity index (χ1n) is 8.22. The zero-order valence-corrected chi connectivity index (χ0v) is 14.0. The molecule has 1 atom stereocenters. The van der Waals surface area contributed by atoms with E-state index >= 15 is 0 Å². The number of carbonyl (C=O) groups excluding carboxylic acids is 2. The van der Waals surface area contributed by atoms with Gasteiger partial charge in [-0.15, -0.1) is 0 Å². The van der Waals surface area contributed by atoms with Gasteiger partial charge in [-0.05, 0) is 36.6 Å². The molecule has 5 nitrogen and oxygen atoms in total. The van der Waals surface area contributed by atoms with Crippen molar-refractivity contribution in [3.8, 4) is 0 Å². The lowest BCUT2D eigenvalue weighted by Gasteiger charge is -2.32. The van der Waals surface area contributed by atoms with Crippen LogP contribution >= 0.6 is 0 Å². The van der Waals surface area contributed by atoms with Gasteiger partial charge in [0.1, 0.15) is 5.82 Å². The highest BCUT2D eigenvalue weighted by molar-refractivity contribution is 5.96. The van der Waals surface area contributed by atoms with Crippen molar-refractivity contribution in [1.29, 1.82) is 0 Å². The average Bonchev–Trinajstić information content (AvgIpc) is 2.65. The number of halogens is 1. The van der Waals surface area contributed by atoms with Gasteiger partial charge in [0, 0.05) is 13.1 Å². The quantitative estimate of drug-likeness (QED) is 0.840. The van der Waals surface area contributed by atoms with Crippen LogP contribution in [0.5, 0.6) is 0 Å². The van der Waals surface area contributed by atoms with E-state index in [1.807, 2.05) is 17.0 Å². The number of hydrogen-bond acceptors (Lipinski definition) is 3. The first-order chi connectivity index (χ1) is 12.1. The summed E-state index contributed by atoms with van der Waals surface area (Å²) < 4.78 is 13.6. The third-order valence-electron chi connectivity index (χ3n) is 4.51. The number of hydrazine groups is 1. The van der Waals surface area contributed by atoms with Gasteiger partial charge >= 0.3 is 0 Å². The second-order valence-electron chi connectivity index (χ2n) is 6.09. The minimum absolute atomic E-state index is 0.109. The van der Waals surface area contributed by atoms with E-state index < -0.39 is 17.8 Å². The lowest BCUT2D eigenvalue weighted by atomic mass is 9.99. The summed E-state index contributed by atoms with van der Waals surface area (Å²) in [6, 6.07) is 13.4. The van der Waals surface area contributed by atoms with Crippen molar-refractivity contribution < 1.29 is 14.0 Å². The molecule has 1 aliphatic rings. The summed E-state index contributed by atoms with van der Waals surface area (Å²) in [6.45, 7) is 3.25. The third-order valence-corrected chi connectivity index (χ3v) is 4.51. The number of carbonyl (C=O) groups is 2. The first kappa shape index (κ1) is 17.1. The van der Waals surface area contributed by atoms with Crippen molar-refractivity contribution in [3.63, 3.8) is 0 Å². The number of fused-ring (bicyclic) bond motifs is 1. The molecule has 1 aliphatic heterocycles. The zero-order chi connectivity index (χ0) is 17.8. The molecule has 2 aromatic rings. The maximum absolute atomic E-state index is 13.6. The fourth-order valence-electron chi connectivity index (χ4n) is 2.95. The van der Waals surface area contributed by atoms with E-state index in [-0.39, 0.29) is 11.5 Å². The molecule has 0 saturated carbocycles. The van der Waals surface area contributed by atoms with Gasteiger partial charge in [-0.2, -0.15) is 0 Å². The minimum atomic E-state index is -0.678. The van der Waals surface area contributed by atoms with Gasteiger partial charge in [0.25, 0.3) is 11.8 Å². The van der Waals surface area contributed by atoms with Crippen molar-refractivity contribution in [2.75, 3.05) is 6.54 Å². The number of nitrogens with one attached hydrogen (secondary N) is 2. The van der Waals surface area contributed by atoms with Crippen LogP contribution in [0.25, 0.3) is 0 Å². The van der Waals surface area contributed by atoms with E-state index in [4.69, 9.17) is 0 Å². The second-order valence-corrected chi connectivity index (χ2v) is 6.09. The SMILES string of the molecule is C[C@@H](C(=O)NNC(=O)c1ccccc1F)N1CCc2ccccc2C1. The van der Waals surface area contributed by atoms with Gasteiger partial charge in [0.15, 0.2) is 0 Å². The van der Waals surface area contributed by atoms with Crippen LogP contribution in [-0.4, -0.2) is 29.3 Å².